The van der Waals surface area contributed by atoms with E-state index in [0.717, 1.165) is 16.5 Å². The van der Waals surface area contributed by atoms with Crippen LogP contribution in [0.15, 0.2) is 38.3 Å². The third-order valence-corrected chi connectivity index (χ3v) is 3.93. The van der Waals surface area contributed by atoms with E-state index >= 15 is 0 Å². The largest absolute Gasteiger partial charge is 0.484 e. The number of hydrogen-bond acceptors (Lipinski definition) is 5. The van der Waals surface area contributed by atoms with Crippen molar-refractivity contribution in [1.82, 2.24) is 5.43 Å². The lowest BCUT2D eigenvalue weighted by Gasteiger charge is -2.08. The summed E-state index contributed by atoms with van der Waals surface area (Å²) < 4.78 is 11.9. The van der Waals surface area contributed by atoms with E-state index in [2.05, 4.69) is 39.4 Å². The van der Waals surface area contributed by atoms with Gasteiger partial charge in [0.25, 0.3) is 5.91 Å². The Labute approximate surface area is 156 Å². The first-order chi connectivity index (χ1) is 11.9. The maximum absolute atomic E-state index is 11.8. The fourth-order valence-electron chi connectivity index (χ4n) is 2.21. The van der Waals surface area contributed by atoms with Crippen molar-refractivity contribution in [2.24, 2.45) is 5.10 Å². The number of ether oxygens (including phenoxy) is 1. The van der Waals surface area contributed by atoms with Crippen LogP contribution >= 0.6 is 15.9 Å². The molecule has 0 fully saturated rings. The van der Waals surface area contributed by atoms with E-state index in [1.165, 1.54) is 11.8 Å². The minimum Gasteiger partial charge on any atom is -0.484 e. The van der Waals surface area contributed by atoms with E-state index in [1.54, 1.807) is 6.07 Å². The van der Waals surface area contributed by atoms with Crippen LogP contribution in [0.5, 0.6) is 5.75 Å². The van der Waals surface area contributed by atoms with Crippen molar-refractivity contribution in [3.8, 4) is 5.75 Å². The van der Waals surface area contributed by atoms with Crippen LogP contribution in [-0.4, -0.2) is 32.8 Å². The van der Waals surface area contributed by atoms with Crippen LogP contribution in [0.25, 0.3) is 0 Å². The normalized spacial score (nSPS) is 10.9. The predicted octanol–water partition coefficient (Wildman–Crippen LogP) is 3.51. The Morgan fingerprint density at radius 3 is 2.76 bits per heavy atom. The van der Waals surface area contributed by atoms with Gasteiger partial charge in [-0.25, -0.2) is 5.43 Å². The third kappa shape index (κ3) is 5.63. The first-order valence-corrected chi connectivity index (χ1v) is 8.70. The molecule has 0 atom stereocenters. The lowest BCUT2D eigenvalue weighted by atomic mass is 10.1. The summed E-state index contributed by atoms with van der Waals surface area (Å²) in [5.74, 6) is 1.56. The Hall–Kier alpha value is -2.28. The highest BCUT2D eigenvalue weighted by molar-refractivity contribution is 9.10. The van der Waals surface area contributed by atoms with E-state index < -0.39 is 0 Å². The summed E-state index contributed by atoms with van der Waals surface area (Å²) in [5, 5.41) is 3.88. The van der Waals surface area contributed by atoms with Crippen LogP contribution < -0.4 is 15.1 Å². The molecular weight excluding hydrogens is 386 g/mol. The van der Waals surface area contributed by atoms with Crippen molar-refractivity contribution in [3.05, 3.63) is 45.6 Å². The van der Waals surface area contributed by atoms with Gasteiger partial charge < -0.3 is 14.1 Å². The van der Waals surface area contributed by atoms with Gasteiger partial charge in [0.15, 0.2) is 12.4 Å². The number of benzene rings is 1. The molecule has 0 bridgehead atoms. The Bertz CT molecular complexity index is 769. The van der Waals surface area contributed by atoms with E-state index in [-0.39, 0.29) is 12.5 Å². The lowest BCUT2D eigenvalue weighted by molar-refractivity contribution is -0.123. The van der Waals surface area contributed by atoms with Crippen LogP contribution in [-0.2, 0) is 11.2 Å². The second-order valence-corrected chi connectivity index (χ2v) is 6.64. The molecule has 1 aromatic heterocycles. The minimum absolute atomic E-state index is 0.102. The van der Waals surface area contributed by atoms with Crippen LogP contribution in [0, 0.1) is 6.92 Å². The standard InChI is InChI=1S/C18H22BrN3O3/c1-5-13-6-12(2)7-14(8-13)24-11-17(23)21-20-10-15-9-16(19)18(25-15)22(3)4/h6-10H,5,11H2,1-4H3,(H,21,23)/b20-10-. The smallest absolute Gasteiger partial charge is 0.277 e. The van der Waals surface area contributed by atoms with E-state index in [4.69, 9.17) is 9.15 Å². The third-order valence-electron chi connectivity index (χ3n) is 3.36. The summed E-state index contributed by atoms with van der Waals surface area (Å²) in [4.78, 5) is 13.7. The van der Waals surface area contributed by atoms with Crippen molar-refractivity contribution in [2.75, 3.05) is 25.6 Å². The molecule has 7 heteroatoms. The number of hydrogen-bond donors (Lipinski definition) is 1. The predicted molar refractivity (Wildman–Crippen MR) is 103 cm³/mol. The maximum Gasteiger partial charge on any atom is 0.277 e. The molecule has 1 amide bonds. The summed E-state index contributed by atoms with van der Waals surface area (Å²) >= 11 is 3.40. The number of carbonyl (C=O) groups is 1. The summed E-state index contributed by atoms with van der Waals surface area (Å²) in [5.41, 5.74) is 4.70. The van der Waals surface area contributed by atoms with Gasteiger partial charge in [0.2, 0.25) is 5.88 Å². The molecule has 0 saturated carbocycles. The number of aryl methyl sites for hydroxylation is 2. The molecular formula is C18H22BrN3O3. The summed E-state index contributed by atoms with van der Waals surface area (Å²) in [7, 11) is 3.75. The lowest BCUT2D eigenvalue weighted by Crippen LogP contribution is -2.24. The molecule has 6 nitrogen and oxygen atoms in total. The molecule has 2 aromatic rings. The van der Waals surface area contributed by atoms with Crippen LogP contribution in [0.1, 0.15) is 23.8 Å². The van der Waals surface area contributed by atoms with Crippen molar-refractivity contribution < 1.29 is 13.9 Å². The monoisotopic (exact) mass is 407 g/mol. The highest BCUT2D eigenvalue weighted by atomic mass is 79.9. The quantitative estimate of drug-likeness (QED) is 0.563. The van der Waals surface area contributed by atoms with Gasteiger partial charge in [0.1, 0.15) is 5.75 Å². The number of furan rings is 1. The molecule has 134 valence electrons. The second-order valence-electron chi connectivity index (χ2n) is 5.79. The number of anilines is 1. The molecule has 1 N–H and O–H groups in total. The Balaban J connectivity index is 1.86. The van der Waals surface area contributed by atoms with Gasteiger partial charge in [-0.3, -0.25) is 4.79 Å². The van der Waals surface area contributed by atoms with Gasteiger partial charge in [-0.2, -0.15) is 5.10 Å². The molecule has 0 aliphatic carbocycles. The van der Waals surface area contributed by atoms with Crippen LogP contribution in [0.3, 0.4) is 0 Å². The summed E-state index contributed by atoms with van der Waals surface area (Å²) in [6.45, 7) is 3.98. The van der Waals surface area contributed by atoms with Gasteiger partial charge in [0.05, 0.1) is 10.7 Å². The average Bonchev–Trinajstić information content (AvgIpc) is 2.93. The number of carbonyl (C=O) groups excluding carboxylic acids is 1. The number of halogens is 1. The Morgan fingerprint density at radius 1 is 1.36 bits per heavy atom. The fourth-order valence-corrected chi connectivity index (χ4v) is 2.87. The number of nitrogens with zero attached hydrogens (tertiary/aromatic N) is 2. The zero-order valence-corrected chi connectivity index (χ0v) is 16.4. The topological polar surface area (TPSA) is 67.1 Å². The van der Waals surface area contributed by atoms with E-state index in [0.29, 0.717) is 17.4 Å². The number of rotatable bonds is 7. The van der Waals surface area contributed by atoms with E-state index in [9.17, 15) is 4.79 Å². The summed E-state index contributed by atoms with van der Waals surface area (Å²) in [6, 6.07) is 7.72. The average molecular weight is 408 g/mol. The van der Waals surface area contributed by atoms with E-state index in [1.807, 2.05) is 38.1 Å². The highest BCUT2D eigenvalue weighted by Crippen LogP contribution is 2.27. The molecule has 0 unspecified atom stereocenters. The zero-order chi connectivity index (χ0) is 18.4. The molecule has 0 radical (unpaired) electrons. The zero-order valence-electron chi connectivity index (χ0n) is 14.8. The highest BCUT2D eigenvalue weighted by Gasteiger charge is 2.09. The van der Waals surface area contributed by atoms with Crippen molar-refractivity contribution in [3.63, 3.8) is 0 Å². The second kappa shape index (κ2) is 8.71. The molecule has 0 aliphatic heterocycles. The van der Waals surface area contributed by atoms with Gasteiger partial charge in [-0.15, -0.1) is 0 Å². The number of amides is 1. The van der Waals surface area contributed by atoms with Crippen LogP contribution in [0.4, 0.5) is 5.88 Å². The SMILES string of the molecule is CCc1cc(C)cc(OCC(=O)N/N=C\c2cc(Br)c(N(C)C)o2)c1. The number of nitrogens with one attached hydrogen (secondary N) is 1. The van der Waals surface area contributed by atoms with Gasteiger partial charge in [-0.1, -0.05) is 13.0 Å². The summed E-state index contributed by atoms with van der Waals surface area (Å²) in [6.07, 6.45) is 2.36. The first-order valence-electron chi connectivity index (χ1n) is 7.91. The molecule has 0 aliphatic rings. The Morgan fingerprint density at radius 2 is 2.12 bits per heavy atom. The van der Waals surface area contributed by atoms with Crippen molar-refractivity contribution in [2.45, 2.75) is 20.3 Å². The molecule has 1 heterocycles. The fraction of sp³-hybridized carbons (Fsp3) is 0.333. The van der Waals surface area contributed by atoms with Crippen molar-refractivity contribution in [1.29, 1.82) is 0 Å². The molecule has 1 aromatic carbocycles. The molecule has 2 rings (SSSR count). The first kappa shape index (κ1) is 19.1. The van der Waals surface area contributed by atoms with Gasteiger partial charge >= 0.3 is 0 Å². The Kier molecular flexibility index (Phi) is 6.64. The molecule has 0 spiro atoms. The van der Waals surface area contributed by atoms with Crippen LogP contribution in [0.2, 0.25) is 0 Å². The minimum atomic E-state index is -0.339. The number of hydrazone groups is 1. The van der Waals surface area contributed by atoms with Crippen molar-refractivity contribution >= 4 is 33.9 Å². The molecule has 25 heavy (non-hydrogen) atoms. The maximum atomic E-state index is 11.8. The molecule has 0 saturated heterocycles. The van der Waals surface area contributed by atoms with Gasteiger partial charge in [0, 0.05) is 20.2 Å². The van der Waals surface area contributed by atoms with Gasteiger partial charge in [-0.05, 0) is 52.5 Å².